The van der Waals surface area contributed by atoms with Crippen LogP contribution in [0.5, 0.6) is 0 Å². The molecule has 0 radical (unpaired) electrons. The highest BCUT2D eigenvalue weighted by Crippen LogP contribution is 2.24. The second-order valence-electron chi connectivity index (χ2n) is 8.80. The third kappa shape index (κ3) is 8.77. The summed E-state index contributed by atoms with van der Waals surface area (Å²) in [5.41, 5.74) is 10.6. The lowest BCUT2D eigenvalue weighted by atomic mass is 9.80. The monoisotopic (exact) mass is 480 g/mol. The Kier molecular flexibility index (Phi) is 11.0. The molecule has 0 amide bonds. The largest absolute Gasteiger partial charge is 0.488 e. The summed E-state index contributed by atoms with van der Waals surface area (Å²) < 4.78 is 0. The molecule has 0 bridgehead atoms. The second-order valence-corrected chi connectivity index (χ2v) is 8.80. The lowest BCUT2D eigenvalue weighted by molar-refractivity contribution is 0.111. The van der Waals surface area contributed by atoms with Crippen molar-refractivity contribution in [1.82, 2.24) is 0 Å². The molecule has 0 fully saturated rings. The van der Waals surface area contributed by atoms with Crippen LogP contribution in [0.25, 0.3) is 11.1 Å². The van der Waals surface area contributed by atoms with E-state index in [0.29, 0.717) is 22.9 Å². The normalized spacial score (nSPS) is 9.75. The molecular formula is C31H33BO4. The molecular weight excluding hydrogens is 447 g/mol. The van der Waals surface area contributed by atoms with Crippen molar-refractivity contribution in [3.63, 3.8) is 0 Å². The minimum Gasteiger partial charge on any atom is -0.423 e. The second kappa shape index (κ2) is 13.9. The first-order valence-corrected chi connectivity index (χ1v) is 11.7. The Morgan fingerprint density at radius 2 is 1.03 bits per heavy atom. The van der Waals surface area contributed by atoms with Gasteiger partial charge >= 0.3 is 7.12 Å². The summed E-state index contributed by atoms with van der Waals surface area (Å²) in [5, 5.41) is 17.3. The van der Waals surface area contributed by atoms with Crippen molar-refractivity contribution in [3.8, 4) is 11.1 Å². The molecule has 0 heterocycles. The summed E-state index contributed by atoms with van der Waals surface area (Å²) in [6.45, 7) is 10.6. The molecule has 0 aromatic heterocycles. The maximum absolute atomic E-state index is 10.6. The van der Waals surface area contributed by atoms with Crippen molar-refractivity contribution in [3.05, 3.63) is 124 Å². The highest BCUT2D eigenvalue weighted by molar-refractivity contribution is 6.58. The van der Waals surface area contributed by atoms with E-state index in [1.807, 2.05) is 24.3 Å². The highest BCUT2D eigenvalue weighted by Gasteiger charge is 2.09. The predicted molar refractivity (Wildman–Crippen MR) is 149 cm³/mol. The van der Waals surface area contributed by atoms with Gasteiger partial charge in [-0.15, -0.1) is 0 Å². The Morgan fingerprint density at radius 1 is 0.556 bits per heavy atom. The zero-order chi connectivity index (χ0) is 26.7. The van der Waals surface area contributed by atoms with E-state index in [4.69, 9.17) is 10.0 Å². The average Bonchev–Trinajstić information content (AvgIpc) is 2.88. The van der Waals surface area contributed by atoms with Crippen molar-refractivity contribution < 1.29 is 19.6 Å². The third-order valence-corrected chi connectivity index (χ3v) is 5.78. The Bertz CT molecular complexity index is 1280. The van der Waals surface area contributed by atoms with Crippen LogP contribution in [0, 0.1) is 34.6 Å². The lowest BCUT2D eigenvalue weighted by Crippen LogP contribution is -2.29. The van der Waals surface area contributed by atoms with Gasteiger partial charge in [0.05, 0.1) is 0 Å². The van der Waals surface area contributed by atoms with Gasteiger partial charge in [-0.3, -0.25) is 9.59 Å². The number of aryl methyl sites for hydroxylation is 5. The molecule has 0 saturated heterocycles. The van der Waals surface area contributed by atoms with Crippen LogP contribution in [0.4, 0.5) is 0 Å². The number of hydrogen-bond donors (Lipinski definition) is 2. The van der Waals surface area contributed by atoms with Crippen LogP contribution in [0.1, 0.15) is 48.5 Å². The molecule has 4 nitrogen and oxygen atoms in total. The Hall–Kier alpha value is -3.80. The van der Waals surface area contributed by atoms with Crippen molar-refractivity contribution in [1.29, 1.82) is 0 Å². The smallest absolute Gasteiger partial charge is 0.423 e. The first kappa shape index (κ1) is 28.4. The molecule has 0 aliphatic rings. The maximum atomic E-state index is 10.6. The Labute approximate surface area is 214 Å². The van der Waals surface area contributed by atoms with Crippen molar-refractivity contribution in [2.45, 2.75) is 34.6 Å². The van der Waals surface area contributed by atoms with Gasteiger partial charge in [-0.1, -0.05) is 96.1 Å². The predicted octanol–water partition coefficient (Wildman–Crippen LogP) is 5.57. The number of hydrogen-bond acceptors (Lipinski definition) is 4. The number of aldehydes is 2. The standard InChI is InChI=1S/C15H14O.C9H12.C7H7BO3/c1-11-3-4-12(2)15(9-11)14-7-5-13(10-16)6-8-14;1-7-4-5-8(2)9(3)6-7;9-5-6-1-3-7(4-2-6)8(10)11/h3-10H,1-2H3;4-6H,1-3H3;1-5,10-11H. The first-order valence-electron chi connectivity index (χ1n) is 11.7. The van der Waals surface area contributed by atoms with Gasteiger partial charge in [0.2, 0.25) is 0 Å². The zero-order valence-corrected chi connectivity index (χ0v) is 21.5. The van der Waals surface area contributed by atoms with Crippen LogP contribution >= 0.6 is 0 Å². The summed E-state index contributed by atoms with van der Waals surface area (Å²) in [5.74, 6) is 0. The molecule has 0 aliphatic carbocycles. The fourth-order valence-corrected chi connectivity index (χ4v) is 3.43. The van der Waals surface area contributed by atoms with Gasteiger partial charge in [-0.05, 0) is 67.9 Å². The highest BCUT2D eigenvalue weighted by atomic mass is 16.4. The number of rotatable bonds is 4. The quantitative estimate of drug-likeness (QED) is 0.296. The first-order chi connectivity index (χ1) is 17.1. The van der Waals surface area contributed by atoms with E-state index < -0.39 is 7.12 Å². The molecule has 184 valence electrons. The van der Waals surface area contributed by atoms with E-state index in [2.05, 4.69) is 71.0 Å². The average molecular weight is 480 g/mol. The van der Waals surface area contributed by atoms with Gasteiger partial charge in [-0.2, -0.15) is 0 Å². The van der Waals surface area contributed by atoms with E-state index in [-0.39, 0.29) is 0 Å². The zero-order valence-electron chi connectivity index (χ0n) is 21.5. The van der Waals surface area contributed by atoms with Gasteiger partial charge in [0.1, 0.15) is 12.6 Å². The van der Waals surface area contributed by atoms with E-state index in [0.717, 1.165) is 11.8 Å². The molecule has 4 aromatic rings. The molecule has 0 aliphatic heterocycles. The number of benzene rings is 4. The van der Waals surface area contributed by atoms with Crippen LogP contribution in [0.3, 0.4) is 0 Å². The van der Waals surface area contributed by atoms with Crippen LogP contribution in [0.2, 0.25) is 0 Å². The summed E-state index contributed by atoms with van der Waals surface area (Å²) in [4.78, 5) is 20.7. The minimum atomic E-state index is -1.46. The fourth-order valence-electron chi connectivity index (χ4n) is 3.43. The molecule has 2 N–H and O–H groups in total. The van der Waals surface area contributed by atoms with Gasteiger partial charge in [0.25, 0.3) is 0 Å². The van der Waals surface area contributed by atoms with Crippen LogP contribution < -0.4 is 5.46 Å². The van der Waals surface area contributed by atoms with Crippen molar-refractivity contribution in [2.24, 2.45) is 0 Å². The molecule has 0 saturated carbocycles. The number of carbonyl (C=O) groups is 2. The minimum absolute atomic E-state index is 0.385. The summed E-state index contributed by atoms with van der Waals surface area (Å²) >= 11 is 0. The van der Waals surface area contributed by atoms with Crippen LogP contribution in [-0.4, -0.2) is 29.7 Å². The molecule has 5 heteroatoms. The molecule has 0 atom stereocenters. The van der Waals surface area contributed by atoms with Gasteiger partial charge in [0.15, 0.2) is 0 Å². The van der Waals surface area contributed by atoms with Gasteiger partial charge in [-0.25, -0.2) is 0 Å². The summed E-state index contributed by atoms with van der Waals surface area (Å²) in [6, 6.07) is 26.6. The maximum Gasteiger partial charge on any atom is 0.488 e. The number of carbonyl (C=O) groups excluding carboxylic acids is 2. The fraction of sp³-hybridized carbons (Fsp3) is 0.161. The van der Waals surface area contributed by atoms with E-state index in [1.165, 1.54) is 57.6 Å². The van der Waals surface area contributed by atoms with Crippen LogP contribution in [-0.2, 0) is 0 Å². The van der Waals surface area contributed by atoms with Gasteiger partial charge < -0.3 is 10.0 Å². The van der Waals surface area contributed by atoms with Crippen molar-refractivity contribution >= 4 is 25.2 Å². The van der Waals surface area contributed by atoms with E-state index in [9.17, 15) is 9.59 Å². The van der Waals surface area contributed by atoms with Crippen molar-refractivity contribution in [2.75, 3.05) is 0 Å². The lowest BCUT2D eigenvalue weighted by Gasteiger charge is -2.07. The summed E-state index contributed by atoms with van der Waals surface area (Å²) in [6.07, 6.45) is 1.57. The molecule has 0 unspecified atom stereocenters. The SMILES string of the molecule is Cc1ccc(C)c(-c2ccc(C=O)cc2)c1.Cc1ccc(C)c(C)c1.O=Cc1ccc(B(O)O)cc1. The Morgan fingerprint density at radius 3 is 1.47 bits per heavy atom. The van der Waals surface area contributed by atoms with E-state index >= 15 is 0 Å². The molecule has 4 aromatic carbocycles. The molecule has 36 heavy (non-hydrogen) atoms. The third-order valence-electron chi connectivity index (χ3n) is 5.78. The van der Waals surface area contributed by atoms with Gasteiger partial charge in [0, 0.05) is 11.1 Å². The molecule has 0 spiro atoms. The van der Waals surface area contributed by atoms with E-state index in [1.54, 1.807) is 0 Å². The van der Waals surface area contributed by atoms with Crippen LogP contribution in [0.15, 0.2) is 84.9 Å². The topological polar surface area (TPSA) is 74.6 Å². The summed E-state index contributed by atoms with van der Waals surface area (Å²) in [7, 11) is -1.46. The Balaban J connectivity index is 0.000000200. The molecule has 4 rings (SSSR count).